The third kappa shape index (κ3) is 6.24. The molecule has 0 saturated heterocycles. The van der Waals surface area contributed by atoms with Gasteiger partial charge in [0.25, 0.3) is 0 Å². The third-order valence-corrected chi connectivity index (χ3v) is 16.1. The highest BCUT2D eigenvalue weighted by molar-refractivity contribution is 6.26. The van der Waals surface area contributed by atoms with Crippen molar-refractivity contribution in [3.63, 3.8) is 0 Å². The fourth-order valence-corrected chi connectivity index (χ4v) is 12.7. The molecule has 0 N–H and O–H groups in total. The molecule has 0 unspecified atom stereocenters. The quantitative estimate of drug-likeness (QED) is 0.167. The van der Waals surface area contributed by atoms with Crippen LogP contribution in [0.25, 0.3) is 155 Å². The van der Waals surface area contributed by atoms with Crippen molar-refractivity contribution in [2.75, 3.05) is 0 Å². The van der Waals surface area contributed by atoms with E-state index in [2.05, 4.69) is 279 Å². The summed E-state index contributed by atoms with van der Waals surface area (Å²) in [5.74, 6) is 1.78. The lowest BCUT2D eigenvalue weighted by Crippen LogP contribution is -2.06. The van der Waals surface area contributed by atoms with Gasteiger partial charge >= 0.3 is 0 Å². The Bertz CT molecular complexity index is 5250. The molecule has 0 aliphatic carbocycles. The molecule has 0 amide bonds. The summed E-state index contributed by atoms with van der Waals surface area (Å²) in [4.78, 5) is 16.1. The highest BCUT2D eigenvalue weighted by Gasteiger charge is 2.25. The average Bonchev–Trinajstić information content (AvgIpc) is 4.43. The Balaban J connectivity index is 0.911. The summed E-state index contributed by atoms with van der Waals surface area (Å²) in [7, 11) is 0. The van der Waals surface area contributed by atoms with Gasteiger partial charge in [-0.3, -0.25) is 4.57 Å². The van der Waals surface area contributed by atoms with Gasteiger partial charge in [-0.2, -0.15) is 9.97 Å². The van der Waals surface area contributed by atoms with Crippen LogP contribution >= 0.6 is 0 Å². The van der Waals surface area contributed by atoms with E-state index in [9.17, 15) is 0 Å². The van der Waals surface area contributed by atoms with E-state index in [0.29, 0.717) is 17.6 Å². The minimum absolute atomic E-state index is 0.555. The van der Waals surface area contributed by atoms with Gasteiger partial charge in [-0.15, -0.1) is 0 Å². The number of benzene rings is 12. The van der Waals surface area contributed by atoms with Crippen molar-refractivity contribution in [2.45, 2.75) is 0 Å². The predicted molar refractivity (Wildman–Crippen MR) is 323 cm³/mol. The topological polar surface area (TPSA) is 58.4 Å². The first-order valence-corrected chi connectivity index (χ1v) is 26.5. The second-order valence-corrected chi connectivity index (χ2v) is 20.4. The maximum Gasteiger partial charge on any atom is 0.238 e. The minimum atomic E-state index is 0.555. The Morgan fingerprint density at radius 1 is 0.231 bits per heavy atom. The highest BCUT2D eigenvalue weighted by Crippen LogP contribution is 2.44. The summed E-state index contributed by atoms with van der Waals surface area (Å²) in [6.07, 6.45) is 0. The molecule has 0 fully saturated rings. The number of hydrogen-bond acceptors (Lipinski definition) is 3. The molecule has 78 heavy (non-hydrogen) atoms. The molecule has 17 aromatic rings. The number of aromatic nitrogens is 7. The lowest BCUT2D eigenvalue weighted by molar-refractivity contribution is 0.954. The fraction of sp³-hybridized carbons (Fsp3) is 0. The molecule has 5 aromatic heterocycles. The van der Waals surface area contributed by atoms with E-state index in [4.69, 9.17) is 15.0 Å². The van der Waals surface area contributed by atoms with Gasteiger partial charge in [-0.05, 0) is 106 Å². The van der Waals surface area contributed by atoms with Crippen molar-refractivity contribution in [1.29, 1.82) is 0 Å². The standard InChI is InChI=1S/C71H43N7/c1-2-21-50(22-3-1)75-60-29-12-9-26-54(60)58-43-66-59(42-65(58)75)55-27-10-13-30-61(55)76(66)51-23-16-24-52(41-51)77-62-31-14-8-25-53(62)56-37-38-64-67(68(56)77)57-28-11-15-32-63(57)78(64)71-73-69(48-35-33-44-17-4-6-19-46(44)39-48)72-70(74-71)49-36-34-45-18-5-7-20-47(45)40-49/h1-43H. The van der Waals surface area contributed by atoms with Crippen LogP contribution in [0, 0.1) is 0 Å². The van der Waals surface area contributed by atoms with E-state index in [1.165, 1.54) is 43.4 Å². The van der Waals surface area contributed by atoms with E-state index in [-0.39, 0.29) is 0 Å². The first-order chi connectivity index (χ1) is 38.7. The van der Waals surface area contributed by atoms with Crippen LogP contribution in [0.2, 0.25) is 0 Å². The van der Waals surface area contributed by atoms with Gasteiger partial charge in [0.1, 0.15) is 0 Å². The van der Waals surface area contributed by atoms with Gasteiger partial charge in [0, 0.05) is 71.3 Å². The Labute approximate surface area is 446 Å². The summed E-state index contributed by atoms with van der Waals surface area (Å²) in [6.45, 7) is 0. The Kier molecular flexibility index (Phi) is 9.00. The molecule has 362 valence electrons. The van der Waals surface area contributed by atoms with Crippen LogP contribution in [-0.4, -0.2) is 33.2 Å². The summed E-state index contributed by atoms with van der Waals surface area (Å²) in [5.41, 5.74) is 14.1. The summed E-state index contributed by atoms with van der Waals surface area (Å²) in [6, 6.07) is 94.1. The molecule has 0 atom stereocenters. The number of rotatable bonds is 6. The molecular formula is C71H43N7. The summed E-state index contributed by atoms with van der Waals surface area (Å²) in [5, 5.41) is 14.0. The molecule has 0 aliphatic rings. The van der Waals surface area contributed by atoms with Crippen molar-refractivity contribution in [1.82, 2.24) is 33.2 Å². The van der Waals surface area contributed by atoms with Gasteiger partial charge < -0.3 is 13.7 Å². The van der Waals surface area contributed by atoms with Crippen LogP contribution < -0.4 is 0 Å². The van der Waals surface area contributed by atoms with Gasteiger partial charge in [-0.1, -0.05) is 176 Å². The first-order valence-electron chi connectivity index (χ1n) is 26.5. The van der Waals surface area contributed by atoms with Gasteiger partial charge in [0.05, 0.1) is 44.1 Å². The van der Waals surface area contributed by atoms with E-state index >= 15 is 0 Å². The van der Waals surface area contributed by atoms with Crippen molar-refractivity contribution >= 4 is 109 Å². The van der Waals surface area contributed by atoms with Crippen LogP contribution in [0.1, 0.15) is 0 Å². The lowest BCUT2D eigenvalue weighted by atomic mass is 10.1. The first kappa shape index (κ1) is 42.7. The zero-order chi connectivity index (χ0) is 51.0. The Hall–Kier alpha value is -10.6. The molecule has 0 aliphatic heterocycles. The van der Waals surface area contributed by atoms with Crippen LogP contribution in [0.3, 0.4) is 0 Å². The maximum atomic E-state index is 5.42. The number of hydrogen-bond donors (Lipinski definition) is 0. The second-order valence-electron chi connectivity index (χ2n) is 20.4. The SMILES string of the molecule is c1ccc(-n2c3ccccc3c3cc4c(cc32)c2ccccc2n4-c2cccc(-n3c4ccccc4c4ccc5c(c6ccccc6n5-c5nc(-c6ccc7ccccc7c6)nc(-c6ccc7ccccc7c6)n5)c43)c2)cc1. The van der Waals surface area contributed by atoms with E-state index in [1.54, 1.807) is 0 Å². The number of fused-ring (bicyclic) bond motifs is 15. The summed E-state index contributed by atoms with van der Waals surface area (Å²) < 4.78 is 9.58. The smallest absolute Gasteiger partial charge is 0.238 e. The third-order valence-electron chi connectivity index (χ3n) is 16.1. The molecule has 0 saturated carbocycles. The molecular weight excluding hydrogens is 951 g/mol. The van der Waals surface area contributed by atoms with Crippen LogP contribution in [0.4, 0.5) is 0 Å². The Morgan fingerprint density at radius 2 is 0.679 bits per heavy atom. The molecule has 7 heteroatoms. The van der Waals surface area contributed by atoms with Crippen molar-refractivity contribution in [3.05, 3.63) is 261 Å². The van der Waals surface area contributed by atoms with Crippen molar-refractivity contribution in [3.8, 4) is 45.8 Å². The van der Waals surface area contributed by atoms with E-state index < -0.39 is 0 Å². The van der Waals surface area contributed by atoms with Gasteiger partial charge in [-0.25, -0.2) is 4.98 Å². The van der Waals surface area contributed by atoms with Crippen LogP contribution in [0.15, 0.2) is 261 Å². The van der Waals surface area contributed by atoms with Crippen molar-refractivity contribution in [2.24, 2.45) is 0 Å². The minimum Gasteiger partial charge on any atom is -0.309 e. The zero-order valence-electron chi connectivity index (χ0n) is 42.0. The van der Waals surface area contributed by atoms with Crippen LogP contribution in [-0.2, 0) is 0 Å². The number of para-hydroxylation sites is 5. The van der Waals surface area contributed by atoms with Gasteiger partial charge in [0.2, 0.25) is 5.95 Å². The molecule has 17 rings (SSSR count). The highest BCUT2D eigenvalue weighted by atomic mass is 15.2. The maximum absolute atomic E-state index is 5.42. The Morgan fingerprint density at radius 3 is 1.27 bits per heavy atom. The molecule has 0 radical (unpaired) electrons. The molecule has 0 bridgehead atoms. The predicted octanol–water partition coefficient (Wildman–Crippen LogP) is 17.9. The van der Waals surface area contributed by atoms with Crippen molar-refractivity contribution < 1.29 is 0 Å². The molecule has 5 heterocycles. The fourth-order valence-electron chi connectivity index (χ4n) is 12.7. The number of nitrogens with zero attached hydrogens (tertiary/aromatic N) is 7. The monoisotopic (exact) mass is 993 g/mol. The largest absolute Gasteiger partial charge is 0.309 e. The van der Waals surface area contributed by atoms with E-state index in [0.717, 1.165) is 93.6 Å². The molecule has 0 spiro atoms. The zero-order valence-corrected chi connectivity index (χ0v) is 42.0. The normalized spacial score (nSPS) is 12.1. The second kappa shape index (κ2) is 16.4. The lowest BCUT2D eigenvalue weighted by Gasteiger charge is -2.14. The van der Waals surface area contributed by atoms with E-state index in [1.807, 2.05) is 0 Å². The van der Waals surface area contributed by atoms with Gasteiger partial charge in [0.15, 0.2) is 11.6 Å². The molecule has 7 nitrogen and oxygen atoms in total. The average molecular weight is 994 g/mol. The van der Waals surface area contributed by atoms with Crippen LogP contribution in [0.5, 0.6) is 0 Å². The summed E-state index contributed by atoms with van der Waals surface area (Å²) >= 11 is 0. The molecule has 12 aromatic carbocycles.